The summed E-state index contributed by atoms with van der Waals surface area (Å²) in [6.45, 7) is -0.270. The van der Waals surface area contributed by atoms with Gasteiger partial charge in [0.25, 0.3) is 0 Å². The van der Waals surface area contributed by atoms with E-state index in [1.165, 1.54) is 4.90 Å². The maximum atomic E-state index is 12.5. The van der Waals surface area contributed by atoms with Crippen molar-refractivity contribution in [3.8, 4) is 24.2 Å². The lowest BCUT2D eigenvalue weighted by Gasteiger charge is -2.35. The van der Waals surface area contributed by atoms with Gasteiger partial charge < -0.3 is 15.1 Å². The smallest absolute Gasteiger partial charge is 0.331 e. The van der Waals surface area contributed by atoms with Crippen molar-refractivity contribution in [3.05, 3.63) is 34.3 Å². The van der Waals surface area contributed by atoms with Crippen LogP contribution in [-0.2, 0) is 4.79 Å². The summed E-state index contributed by atoms with van der Waals surface area (Å²) < 4.78 is 37.5. The van der Waals surface area contributed by atoms with Crippen LogP contribution >= 0.6 is 11.6 Å². The van der Waals surface area contributed by atoms with Crippen molar-refractivity contribution < 1.29 is 22.8 Å². The van der Waals surface area contributed by atoms with Crippen LogP contribution in [0.15, 0.2) is 18.2 Å². The van der Waals surface area contributed by atoms with E-state index in [2.05, 4.69) is 23.1 Å². The van der Waals surface area contributed by atoms with Gasteiger partial charge in [-0.3, -0.25) is 4.79 Å². The van der Waals surface area contributed by atoms with Crippen LogP contribution in [0.4, 0.5) is 18.0 Å². The van der Waals surface area contributed by atoms with Gasteiger partial charge in [-0.25, -0.2) is 4.79 Å². The second-order valence-corrected chi connectivity index (χ2v) is 7.29. The van der Waals surface area contributed by atoms with Crippen molar-refractivity contribution in [2.75, 3.05) is 26.2 Å². The molecule has 3 rings (SSSR count). The third kappa shape index (κ3) is 4.96. The monoisotopic (exact) mass is 423 g/mol. The van der Waals surface area contributed by atoms with Gasteiger partial charge in [0.05, 0.1) is 5.02 Å². The number of piperazine rings is 1. The van der Waals surface area contributed by atoms with E-state index in [0.717, 1.165) is 0 Å². The fourth-order valence-electron chi connectivity index (χ4n) is 2.89. The van der Waals surface area contributed by atoms with E-state index in [-0.39, 0.29) is 26.2 Å². The highest BCUT2D eigenvalue weighted by atomic mass is 35.5. The third-order valence-corrected chi connectivity index (χ3v) is 5.09. The molecule has 0 spiro atoms. The Balaban J connectivity index is 1.58. The molecule has 1 aliphatic carbocycles. The maximum Gasteiger partial charge on any atom is 0.471 e. The average molecular weight is 424 g/mol. The van der Waals surface area contributed by atoms with E-state index >= 15 is 0 Å². The number of carbonyl (C=O) groups excluding carboxylic acids is 2. The van der Waals surface area contributed by atoms with Crippen molar-refractivity contribution >= 4 is 23.5 Å². The number of urea groups is 1. The molecule has 0 bridgehead atoms. The summed E-state index contributed by atoms with van der Waals surface area (Å²) in [5, 5.41) is 3.30. The first-order valence-corrected chi connectivity index (χ1v) is 9.24. The molecule has 3 amide bonds. The van der Waals surface area contributed by atoms with Crippen LogP contribution in [0.25, 0.3) is 0 Å². The van der Waals surface area contributed by atoms with E-state index in [1.807, 2.05) is 0 Å². The van der Waals surface area contributed by atoms with Gasteiger partial charge in [-0.2, -0.15) is 13.2 Å². The van der Waals surface area contributed by atoms with Gasteiger partial charge in [-0.1, -0.05) is 29.4 Å². The normalized spacial score (nSPS) is 17.6. The van der Waals surface area contributed by atoms with Gasteiger partial charge in [0.1, 0.15) is 5.54 Å². The van der Waals surface area contributed by atoms with Gasteiger partial charge in [-0.15, -0.1) is 6.42 Å². The maximum absolute atomic E-state index is 12.5. The molecular weight excluding hydrogens is 407 g/mol. The molecule has 2 fully saturated rings. The second kappa shape index (κ2) is 7.88. The molecule has 1 aliphatic heterocycles. The van der Waals surface area contributed by atoms with Crippen LogP contribution in [-0.4, -0.2) is 59.6 Å². The lowest BCUT2D eigenvalue weighted by Crippen LogP contribution is -2.56. The molecule has 0 atom stereocenters. The quantitative estimate of drug-likeness (QED) is 0.706. The van der Waals surface area contributed by atoms with E-state index < -0.39 is 23.7 Å². The minimum Gasteiger partial charge on any atom is -0.331 e. The number of nitrogens with one attached hydrogen (secondary N) is 1. The van der Waals surface area contributed by atoms with E-state index in [0.29, 0.717) is 33.9 Å². The Hall–Kier alpha value is -2.84. The highest BCUT2D eigenvalue weighted by molar-refractivity contribution is 6.31. The van der Waals surface area contributed by atoms with Crippen LogP contribution in [0.1, 0.15) is 24.0 Å². The first-order valence-electron chi connectivity index (χ1n) is 8.86. The molecule has 2 aliphatic rings. The predicted octanol–water partition coefficient (Wildman–Crippen LogP) is 2.62. The zero-order chi connectivity index (χ0) is 21.2. The van der Waals surface area contributed by atoms with Crippen LogP contribution in [0, 0.1) is 24.2 Å². The predicted molar refractivity (Wildman–Crippen MR) is 101 cm³/mol. The molecule has 1 aromatic rings. The standard InChI is InChI=1S/C20H17ClF3N3O2/c1-2-15-13-14(3-4-16(15)21)5-6-19(7-8-19)25-18(29)27-11-9-26(10-12-27)17(28)20(22,23)24/h1,3-4,13H,7-12H2,(H,25,29). The van der Waals surface area contributed by atoms with E-state index in [1.54, 1.807) is 18.2 Å². The number of nitrogens with zero attached hydrogens (tertiary/aromatic N) is 2. The molecule has 0 aromatic heterocycles. The molecular formula is C20H17ClF3N3O2. The number of amides is 3. The van der Waals surface area contributed by atoms with Gasteiger partial charge in [0.15, 0.2) is 0 Å². The van der Waals surface area contributed by atoms with Gasteiger partial charge in [-0.05, 0) is 31.0 Å². The Morgan fingerprint density at radius 2 is 1.76 bits per heavy atom. The molecule has 1 aromatic carbocycles. The third-order valence-electron chi connectivity index (χ3n) is 4.76. The van der Waals surface area contributed by atoms with Crippen LogP contribution in [0.2, 0.25) is 5.02 Å². The Kier molecular flexibility index (Phi) is 5.68. The molecule has 29 heavy (non-hydrogen) atoms. The van der Waals surface area contributed by atoms with Gasteiger partial charge >= 0.3 is 18.1 Å². The summed E-state index contributed by atoms with van der Waals surface area (Å²) in [4.78, 5) is 25.8. The van der Waals surface area contributed by atoms with Crippen molar-refractivity contribution in [1.82, 2.24) is 15.1 Å². The lowest BCUT2D eigenvalue weighted by atomic mass is 10.1. The van der Waals surface area contributed by atoms with Crippen molar-refractivity contribution in [3.63, 3.8) is 0 Å². The summed E-state index contributed by atoms with van der Waals surface area (Å²) in [7, 11) is 0. The largest absolute Gasteiger partial charge is 0.471 e. The summed E-state index contributed by atoms with van der Waals surface area (Å²) in [5.41, 5.74) is 0.534. The van der Waals surface area contributed by atoms with Crippen molar-refractivity contribution in [1.29, 1.82) is 0 Å². The first-order chi connectivity index (χ1) is 13.6. The average Bonchev–Trinajstić information content (AvgIpc) is 3.45. The second-order valence-electron chi connectivity index (χ2n) is 6.88. The minimum absolute atomic E-state index is 0.0277. The number of hydrogen-bond donors (Lipinski definition) is 1. The molecule has 1 saturated carbocycles. The summed E-state index contributed by atoms with van der Waals surface area (Å²) in [6.07, 6.45) is 1.83. The van der Waals surface area contributed by atoms with E-state index in [9.17, 15) is 22.8 Å². The fraction of sp³-hybridized carbons (Fsp3) is 0.400. The van der Waals surface area contributed by atoms with Crippen LogP contribution < -0.4 is 5.32 Å². The Morgan fingerprint density at radius 3 is 2.31 bits per heavy atom. The minimum atomic E-state index is -4.90. The Morgan fingerprint density at radius 1 is 1.14 bits per heavy atom. The number of terminal acetylenes is 1. The molecule has 152 valence electrons. The highest BCUT2D eigenvalue weighted by Gasteiger charge is 2.45. The SMILES string of the molecule is C#Cc1cc(C#CC2(NC(=O)N3CCN(C(=O)C(F)(F)F)CC3)CC2)ccc1Cl. The molecule has 1 saturated heterocycles. The van der Waals surface area contributed by atoms with Gasteiger partial charge in [0.2, 0.25) is 0 Å². The van der Waals surface area contributed by atoms with Crippen molar-refractivity contribution in [2.24, 2.45) is 0 Å². The molecule has 0 radical (unpaired) electrons. The number of carbonyl (C=O) groups is 2. The summed E-state index contributed by atoms with van der Waals surface area (Å²) >= 11 is 5.97. The Labute approximate surface area is 171 Å². The number of benzene rings is 1. The Bertz CT molecular complexity index is 931. The van der Waals surface area contributed by atoms with E-state index in [4.69, 9.17) is 18.0 Å². The van der Waals surface area contributed by atoms with Gasteiger partial charge in [0, 0.05) is 37.3 Å². The molecule has 5 nitrogen and oxygen atoms in total. The summed E-state index contributed by atoms with van der Waals surface area (Å²) in [5.74, 6) is 6.61. The first kappa shape index (κ1) is 20.9. The zero-order valence-corrected chi connectivity index (χ0v) is 16.0. The fourth-order valence-corrected chi connectivity index (χ4v) is 3.06. The number of alkyl halides is 3. The lowest BCUT2D eigenvalue weighted by molar-refractivity contribution is -0.186. The highest BCUT2D eigenvalue weighted by Crippen LogP contribution is 2.35. The topological polar surface area (TPSA) is 52.7 Å². The van der Waals surface area contributed by atoms with Crippen molar-refractivity contribution in [2.45, 2.75) is 24.6 Å². The zero-order valence-electron chi connectivity index (χ0n) is 15.3. The number of hydrogen-bond acceptors (Lipinski definition) is 2. The molecule has 1 heterocycles. The number of halogens is 4. The summed E-state index contributed by atoms with van der Waals surface area (Å²) in [6, 6.07) is 4.66. The molecule has 9 heteroatoms. The van der Waals surface area contributed by atoms with Crippen LogP contribution in [0.5, 0.6) is 0 Å². The molecule has 0 unspecified atom stereocenters. The molecule has 1 N–H and O–H groups in total. The number of rotatable bonds is 1. The van der Waals surface area contributed by atoms with Crippen LogP contribution in [0.3, 0.4) is 0 Å².